The lowest BCUT2D eigenvalue weighted by Gasteiger charge is -2.01. The molecule has 2 rings (SSSR count). The zero-order valence-electron chi connectivity index (χ0n) is 8.54. The topological polar surface area (TPSA) is 52.0 Å². The SMILES string of the molecule is Cc1ccc(-c2noc(N)c2C)cc1Cl. The first-order valence-electron chi connectivity index (χ1n) is 4.58. The van der Waals surface area contributed by atoms with Crippen molar-refractivity contribution in [2.45, 2.75) is 13.8 Å². The molecule has 0 radical (unpaired) electrons. The Bertz CT molecular complexity index is 505. The molecule has 1 aromatic heterocycles. The normalized spacial score (nSPS) is 10.6. The standard InChI is InChI=1S/C11H11ClN2O/c1-6-3-4-8(5-9(6)12)10-7(2)11(13)15-14-10/h3-5H,13H2,1-2H3. The second-order valence-electron chi connectivity index (χ2n) is 3.48. The van der Waals surface area contributed by atoms with Gasteiger partial charge in [0.1, 0.15) is 5.69 Å². The molecule has 0 aliphatic rings. The van der Waals surface area contributed by atoms with Gasteiger partial charge < -0.3 is 10.3 Å². The summed E-state index contributed by atoms with van der Waals surface area (Å²) in [5, 5.41) is 4.61. The number of halogens is 1. The molecule has 0 aliphatic carbocycles. The van der Waals surface area contributed by atoms with Crippen molar-refractivity contribution in [1.82, 2.24) is 5.16 Å². The minimum Gasteiger partial charge on any atom is -0.367 e. The highest BCUT2D eigenvalue weighted by molar-refractivity contribution is 6.31. The molecule has 0 amide bonds. The van der Waals surface area contributed by atoms with Gasteiger partial charge in [-0.2, -0.15) is 0 Å². The number of anilines is 1. The molecule has 1 heterocycles. The van der Waals surface area contributed by atoms with Crippen molar-refractivity contribution in [1.29, 1.82) is 0 Å². The van der Waals surface area contributed by atoms with Crippen LogP contribution in [-0.2, 0) is 0 Å². The van der Waals surface area contributed by atoms with E-state index in [0.29, 0.717) is 10.9 Å². The number of rotatable bonds is 1. The molecule has 0 aliphatic heterocycles. The molecule has 0 atom stereocenters. The van der Waals surface area contributed by atoms with Gasteiger partial charge in [0.25, 0.3) is 0 Å². The van der Waals surface area contributed by atoms with Crippen LogP contribution in [-0.4, -0.2) is 5.16 Å². The molecule has 0 bridgehead atoms. The Labute approximate surface area is 92.8 Å². The van der Waals surface area contributed by atoms with Crippen molar-refractivity contribution in [2.75, 3.05) is 5.73 Å². The Hall–Kier alpha value is -1.48. The number of nitrogens with zero attached hydrogens (tertiary/aromatic N) is 1. The number of aromatic nitrogens is 1. The fourth-order valence-electron chi connectivity index (χ4n) is 1.36. The van der Waals surface area contributed by atoms with E-state index >= 15 is 0 Å². The van der Waals surface area contributed by atoms with E-state index in [1.165, 1.54) is 0 Å². The Balaban J connectivity index is 2.55. The maximum absolute atomic E-state index is 6.03. The molecule has 0 spiro atoms. The van der Waals surface area contributed by atoms with E-state index in [4.69, 9.17) is 21.9 Å². The Morgan fingerprint density at radius 3 is 2.60 bits per heavy atom. The largest absolute Gasteiger partial charge is 0.367 e. The second-order valence-corrected chi connectivity index (χ2v) is 3.89. The molecule has 0 unspecified atom stereocenters. The first-order chi connectivity index (χ1) is 7.09. The lowest BCUT2D eigenvalue weighted by atomic mass is 10.1. The van der Waals surface area contributed by atoms with E-state index in [1.54, 1.807) is 0 Å². The summed E-state index contributed by atoms with van der Waals surface area (Å²) in [4.78, 5) is 0. The number of nitrogens with two attached hydrogens (primary N) is 1. The lowest BCUT2D eigenvalue weighted by molar-refractivity contribution is 0.439. The molecule has 0 fully saturated rings. The third-order valence-electron chi connectivity index (χ3n) is 2.41. The summed E-state index contributed by atoms with van der Waals surface area (Å²) in [6.07, 6.45) is 0. The summed E-state index contributed by atoms with van der Waals surface area (Å²) in [5.41, 5.74) is 9.13. The van der Waals surface area contributed by atoms with Gasteiger partial charge in [-0.05, 0) is 25.5 Å². The van der Waals surface area contributed by atoms with Crippen LogP contribution in [0, 0.1) is 13.8 Å². The molecule has 4 heteroatoms. The molecule has 2 N–H and O–H groups in total. The summed E-state index contributed by atoms with van der Waals surface area (Å²) >= 11 is 6.03. The second kappa shape index (κ2) is 3.59. The summed E-state index contributed by atoms with van der Waals surface area (Å²) in [6.45, 7) is 3.82. The number of hydrogen-bond donors (Lipinski definition) is 1. The lowest BCUT2D eigenvalue weighted by Crippen LogP contribution is -1.85. The van der Waals surface area contributed by atoms with Crippen LogP contribution in [0.5, 0.6) is 0 Å². The van der Waals surface area contributed by atoms with Crippen LogP contribution in [0.3, 0.4) is 0 Å². The van der Waals surface area contributed by atoms with Crippen LogP contribution in [0.25, 0.3) is 11.3 Å². The van der Waals surface area contributed by atoms with Crippen LogP contribution in [0.2, 0.25) is 5.02 Å². The average Bonchev–Trinajstić information content (AvgIpc) is 2.53. The van der Waals surface area contributed by atoms with E-state index in [0.717, 1.165) is 22.4 Å². The summed E-state index contributed by atoms with van der Waals surface area (Å²) < 4.78 is 4.90. The van der Waals surface area contributed by atoms with Crippen molar-refractivity contribution in [3.63, 3.8) is 0 Å². The minimum absolute atomic E-state index is 0.349. The highest BCUT2D eigenvalue weighted by Gasteiger charge is 2.11. The number of hydrogen-bond acceptors (Lipinski definition) is 3. The fourth-order valence-corrected chi connectivity index (χ4v) is 1.54. The average molecular weight is 223 g/mol. The summed E-state index contributed by atoms with van der Waals surface area (Å²) in [5.74, 6) is 0.349. The zero-order chi connectivity index (χ0) is 11.0. The predicted octanol–water partition coefficient (Wildman–Crippen LogP) is 3.19. The molecule has 0 saturated heterocycles. The van der Waals surface area contributed by atoms with E-state index in [-0.39, 0.29) is 0 Å². The van der Waals surface area contributed by atoms with E-state index in [2.05, 4.69) is 5.16 Å². The molecule has 2 aromatic rings. The fraction of sp³-hybridized carbons (Fsp3) is 0.182. The highest BCUT2D eigenvalue weighted by atomic mass is 35.5. The van der Waals surface area contributed by atoms with Crippen LogP contribution >= 0.6 is 11.6 Å². The van der Waals surface area contributed by atoms with Crippen molar-refractivity contribution >= 4 is 17.5 Å². The van der Waals surface area contributed by atoms with Crippen LogP contribution in [0.1, 0.15) is 11.1 Å². The Morgan fingerprint density at radius 2 is 2.07 bits per heavy atom. The molecule has 15 heavy (non-hydrogen) atoms. The molecule has 3 nitrogen and oxygen atoms in total. The van der Waals surface area contributed by atoms with E-state index in [1.807, 2.05) is 32.0 Å². The van der Waals surface area contributed by atoms with Gasteiger partial charge in [0.15, 0.2) is 0 Å². The summed E-state index contributed by atoms with van der Waals surface area (Å²) in [6, 6.07) is 5.76. The van der Waals surface area contributed by atoms with Crippen LogP contribution in [0.4, 0.5) is 5.88 Å². The monoisotopic (exact) mass is 222 g/mol. The third-order valence-corrected chi connectivity index (χ3v) is 2.81. The molecule has 0 saturated carbocycles. The Kier molecular flexibility index (Phi) is 2.40. The van der Waals surface area contributed by atoms with Crippen LogP contribution in [0.15, 0.2) is 22.7 Å². The van der Waals surface area contributed by atoms with Gasteiger partial charge in [-0.15, -0.1) is 0 Å². The first-order valence-corrected chi connectivity index (χ1v) is 4.95. The van der Waals surface area contributed by atoms with Crippen molar-refractivity contribution in [3.8, 4) is 11.3 Å². The zero-order valence-corrected chi connectivity index (χ0v) is 9.30. The van der Waals surface area contributed by atoms with E-state index in [9.17, 15) is 0 Å². The van der Waals surface area contributed by atoms with Crippen molar-refractivity contribution < 1.29 is 4.52 Å². The van der Waals surface area contributed by atoms with E-state index < -0.39 is 0 Å². The molecule has 1 aromatic carbocycles. The predicted molar refractivity (Wildman–Crippen MR) is 60.8 cm³/mol. The number of benzene rings is 1. The van der Waals surface area contributed by atoms with Gasteiger partial charge in [-0.1, -0.05) is 28.9 Å². The number of aryl methyl sites for hydroxylation is 1. The first kappa shape index (κ1) is 10.1. The quantitative estimate of drug-likeness (QED) is 0.806. The van der Waals surface area contributed by atoms with Gasteiger partial charge in [0.2, 0.25) is 5.88 Å². The van der Waals surface area contributed by atoms with Gasteiger partial charge in [-0.25, -0.2) is 0 Å². The highest BCUT2D eigenvalue weighted by Crippen LogP contribution is 2.29. The molecule has 78 valence electrons. The van der Waals surface area contributed by atoms with Gasteiger partial charge in [0, 0.05) is 16.1 Å². The maximum Gasteiger partial charge on any atom is 0.225 e. The summed E-state index contributed by atoms with van der Waals surface area (Å²) in [7, 11) is 0. The van der Waals surface area contributed by atoms with Crippen molar-refractivity contribution in [3.05, 3.63) is 34.3 Å². The van der Waals surface area contributed by atoms with Gasteiger partial charge in [-0.3, -0.25) is 0 Å². The molecular weight excluding hydrogens is 212 g/mol. The number of nitrogen functional groups attached to an aromatic ring is 1. The van der Waals surface area contributed by atoms with Gasteiger partial charge >= 0.3 is 0 Å². The van der Waals surface area contributed by atoms with Gasteiger partial charge in [0.05, 0.1) is 0 Å². The minimum atomic E-state index is 0.349. The van der Waals surface area contributed by atoms with Crippen LogP contribution < -0.4 is 5.73 Å². The smallest absolute Gasteiger partial charge is 0.225 e. The maximum atomic E-state index is 6.03. The third kappa shape index (κ3) is 1.70. The molecular formula is C11H11ClN2O. The Morgan fingerprint density at radius 1 is 1.33 bits per heavy atom. The van der Waals surface area contributed by atoms with Crippen molar-refractivity contribution in [2.24, 2.45) is 0 Å².